The normalized spacial score (nSPS) is 13.6. The molecule has 0 atom stereocenters. The largest absolute Gasteiger partial charge is 0.494 e. The predicted octanol–water partition coefficient (Wildman–Crippen LogP) is 5.74. The number of ether oxygens (including phenoxy) is 2. The number of carboxylic acid groups (broad SMARTS) is 1. The number of hydrogen-bond donors (Lipinski definition) is 1. The van der Waals surface area contributed by atoms with Gasteiger partial charge in [0.25, 0.3) is 0 Å². The molecule has 0 heterocycles. The molecule has 0 radical (unpaired) electrons. The molecule has 0 unspecified atom stereocenters. The molecular weight excluding hydrogens is 364 g/mol. The van der Waals surface area contributed by atoms with Gasteiger partial charge in [0.2, 0.25) is 0 Å². The highest BCUT2D eigenvalue weighted by molar-refractivity contribution is 5.71. The van der Waals surface area contributed by atoms with Crippen LogP contribution in [0.5, 0.6) is 11.5 Å². The van der Waals surface area contributed by atoms with Crippen LogP contribution in [0.1, 0.15) is 54.9 Å². The Morgan fingerprint density at radius 2 is 1.76 bits per heavy atom. The molecule has 1 aliphatic carbocycles. The van der Waals surface area contributed by atoms with Gasteiger partial charge in [0.15, 0.2) is 0 Å². The number of benzene rings is 2. The lowest BCUT2D eigenvalue weighted by molar-refractivity contribution is -0.136. The molecule has 1 N–H and O–H groups in total. The van der Waals surface area contributed by atoms with E-state index in [0.717, 1.165) is 47.5 Å². The summed E-state index contributed by atoms with van der Waals surface area (Å²) in [4.78, 5) is 10.8. The molecule has 2 aromatic rings. The average molecular weight is 395 g/mol. The molecule has 3 rings (SSSR count). The highest BCUT2D eigenvalue weighted by Gasteiger charge is 2.17. The van der Waals surface area contributed by atoms with E-state index in [1.807, 2.05) is 45.0 Å². The molecule has 2 aromatic carbocycles. The van der Waals surface area contributed by atoms with E-state index in [-0.39, 0.29) is 6.42 Å². The molecule has 0 spiro atoms. The van der Waals surface area contributed by atoms with Crippen molar-refractivity contribution in [2.75, 3.05) is 13.2 Å². The van der Waals surface area contributed by atoms with Gasteiger partial charge >= 0.3 is 5.97 Å². The standard InChI is InChI=1S/C25H30O4/c1-4-28-22-12-8-20(9-13-22)23-7-5-6-21(23)16-29-24-14-10-19(11-15-25(26)27)17(2)18(24)3/h8-10,12-14H,4-7,11,15-16H2,1-3H3,(H,26,27). The zero-order valence-corrected chi connectivity index (χ0v) is 17.6. The van der Waals surface area contributed by atoms with Crippen molar-refractivity contribution in [2.24, 2.45) is 0 Å². The first kappa shape index (κ1) is 21.0. The predicted molar refractivity (Wildman–Crippen MR) is 116 cm³/mol. The lowest BCUT2D eigenvalue weighted by Crippen LogP contribution is -2.05. The van der Waals surface area contributed by atoms with Crippen LogP contribution in [0.4, 0.5) is 0 Å². The summed E-state index contributed by atoms with van der Waals surface area (Å²) in [5, 5.41) is 8.92. The first-order valence-electron chi connectivity index (χ1n) is 10.4. The van der Waals surface area contributed by atoms with Crippen molar-refractivity contribution in [2.45, 2.75) is 52.9 Å². The molecule has 0 saturated heterocycles. The summed E-state index contributed by atoms with van der Waals surface area (Å²) in [6, 6.07) is 12.3. The van der Waals surface area contributed by atoms with E-state index in [1.165, 1.54) is 16.7 Å². The van der Waals surface area contributed by atoms with Gasteiger partial charge < -0.3 is 14.6 Å². The van der Waals surface area contributed by atoms with Crippen molar-refractivity contribution in [1.82, 2.24) is 0 Å². The van der Waals surface area contributed by atoms with Crippen LogP contribution < -0.4 is 9.47 Å². The summed E-state index contributed by atoms with van der Waals surface area (Å²) in [5.41, 5.74) is 7.29. The number of carboxylic acids is 1. The van der Waals surface area contributed by atoms with Crippen molar-refractivity contribution < 1.29 is 19.4 Å². The van der Waals surface area contributed by atoms with Crippen LogP contribution in [0.15, 0.2) is 42.0 Å². The third kappa shape index (κ3) is 5.20. The van der Waals surface area contributed by atoms with E-state index in [0.29, 0.717) is 19.6 Å². The second-order valence-corrected chi connectivity index (χ2v) is 7.55. The van der Waals surface area contributed by atoms with Crippen LogP contribution in [0, 0.1) is 13.8 Å². The monoisotopic (exact) mass is 394 g/mol. The molecule has 0 aromatic heterocycles. The Bertz CT molecular complexity index is 894. The second-order valence-electron chi connectivity index (χ2n) is 7.55. The summed E-state index contributed by atoms with van der Waals surface area (Å²) in [7, 11) is 0. The number of aliphatic carboxylic acids is 1. The number of carbonyl (C=O) groups is 1. The van der Waals surface area contributed by atoms with Gasteiger partial charge in [-0.2, -0.15) is 0 Å². The summed E-state index contributed by atoms with van der Waals surface area (Å²) < 4.78 is 11.7. The van der Waals surface area contributed by atoms with Crippen molar-refractivity contribution in [1.29, 1.82) is 0 Å². The Morgan fingerprint density at radius 1 is 1.00 bits per heavy atom. The molecule has 0 saturated carbocycles. The van der Waals surface area contributed by atoms with Crippen molar-refractivity contribution in [3.63, 3.8) is 0 Å². The van der Waals surface area contributed by atoms with Gasteiger partial charge in [-0.3, -0.25) is 4.79 Å². The Hall–Kier alpha value is -2.75. The molecule has 4 nitrogen and oxygen atoms in total. The van der Waals surface area contributed by atoms with Gasteiger partial charge in [-0.05, 0) is 98.1 Å². The maximum Gasteiger partial charge on any atom is 0.303 e. The Labute approximate surface area is 173 Å². The summed E-state index contributed by atoms with van der Waals surface area (Å²) in [6.45, 7) is 7.35. The highest BCUT2D eigenvalue weighted by Crippen LogP contribution is 2.35. The number of rotatable bonds is 9. The van der Waals surface area contributed by atoms with Gasteiger partial charge in [-0.25, -0.2) is 0 Å². The summed E-state index contributed by atoms with van der Waals surface area (Å²) in [6.07, 6.45) is 4.01. The van der Waals surface area contributed by atoms with Gasteiger partial charge in [-0.1, -0.05) is 18.2 Å². The van der Waals surface area contributed by atoms with E-state index in [9.17, 15) is 4.79 Å². The molecule has 154 valence electrons. The molecular formula is C25H30O4. The van der Waals surface area contributed by atoms with E-state index in [4.69, 9.17) is 14.6 Å². The van der Waals surface area contributed by atoms with Crippen LogP contribution in [0.25, 0.3) is 5.57 Å². The van der Waals surface area contributed by atoms with Gasteiger partial charge in [0.1, 0.15) is 18.1 Å². The van der Waals surface area contributed by atoms with Crippen LogP contribution in [0.3, 0.4) is 0 Å². The molecule has 1 aliphatic rings. The Balaban J connectivity index is 1.71. The fourth-order valence-electron chi connectivity index (χ4n) is 3.92. The highest BCUT2D eigenvalue weighted by atomic mass is 16.5. The summed E-state index contributed by atoms with van der Waals surface area (Å²) >= 11 is 0. The number of aryl methyl sites for hydroxylation is 1. The van der Waals surface area contributed by atoms with Crippen LogP contribution in [-0.4, -0.2) is 24.3 Å². The van der Waals surface area contributed by atoms with Crippen molar-refractivity contribution in [3.05, 3.63) is 64.2 Å². The smallest absolute Gasteiger partial charge is 0.303 e. The summed E-state index contributed by atoms with van der Waals surface area (Å²) in [5.74, 6) is 1.02. The molecule has 0 amide bonds. The Kier molecular flexibility index (Phi) is 6.97. The lowest BCUT2D eigenvalue weighted by Gasteiger charge is -2.16. The second kappa shape index (κ2) is 9.64. The molecule has 0 aliphatic heterocycles. The van der Waals surface area contributed by atoms with Crippen LogP contribution >= 0.6 is 0 Å². The molecule has 29 heavy (non-hydrogen) atoms. The van der Waals surface area contributed by atoms with Gasteiger partial charge in [0.05, 0.1) is 6.61 Å². The average Bonchev–Trinajstić information content (AvgIpc) is 3.17. The maximum absolute atomic E-state index is 10.8. The minimum Gasteiger partial charge on any atom is -0.494 e. The van der Waals surface area contributed by atoms with Crippen molar-refractivity contribution >= 4 is 11.5 Å². The number of hydrogen-bond acceptors (Lipinski definition) is 3. The zero-order chi connectivity index (χ0) is 20.8. The molecule has 0 fully saturated rings. The van der Waals surface area contributed by atoms with Gasteiger partial charge in [-0.15, -0.1) is 0 Å². The first-order valence-corrected chi connectivity index (χ1v) is 10.4. The van der Waals surface area contributed by atoms with Crippen LogP contribution in [0.2, 0.25) is 0 Å². The zero-order valence-electron chi connectivity index (χ0n) is 17.6. The SMILES string of the molecule is CCOc1ccc(C2=C(COc3ccc(CCC(=O)O)c(C)c3C)CCC2)cc1. The van der Waals surface area contributed by atoms with E-state index in [1.54, 1.807) is 0 Å². The number of allylic oxidation sites excluding steroid dienone is 1. The van der Waals surface area contributed by atoms with Crippen LogP contribution in [-0.2, 0) is 11.2 Å². The van der Waals surface area contributed by atoms with Gasteiger partial charge in [0, 0.05) is 6.42 Å². The van der Waals surface area contributed by atoms with E-state index in [2.05, 4.69) is 12.1 Å². The first-order chi connectivity index (χ1) is 14.0. The third-order valence-electron chi connectivity index (χ3n) is 5.71. The third-order valence-corrected chi connectivity index (χ3v) is 5.71. The molecule has 4 heteroatoms. The maximum atomic E-state index is 10.8. The quantitative estimate of drug-likeness (QED) is 0.589. The topological polar surface area (TPSA) is 55.8 Å². The fraction of sp³-hybridized carbons (Fsp3) is 0.400. The van der Waals surface area contributed by atoms with E-state index < -0.39 is 5.97 Å². The fourth-order valence-corrected chi connectivity index (χ4v) is 3.92. The van der Waals surface area contributed by atoms with Crippen molar-refractivity contribution in [3.8, 4) is 11.5 Å². The minimum absolute atomic E-state index is 0.152. The van der Waals surface area contributed by atoms with E-state index >= 15 is 0 Å². The minimum atomic E-state index is -0.766. The molecule has 0 bridgehead atoms. The lowest BCUT2D eigenvalue weighted by atomic mass is 9.99. The Morgan fingerprint density at radius 3 is 2.45 bits per heavy atom.